The van der Waals surface area contributed by atoms with E-state index in [0.29, 0.717) is 29.8 Å². The summed E-state index contributed by atoms with van der Waals surface area (Å²) >= 11 is 0. The number of fused-ring (bicyclic) bond motifs is 4. The Labute approximate surface area is 180 Å². The number of nitrogen functional groups attached to an aromatic ring is 1. The maximum atomic E-state index is 12.1. The molecule has 8 nitrogen and oxygen atoms in total. The SMILES string of the molecule is CC1(C)/C(=N/OC[C@@H]2CC3CCC3CC(=O)O2)c2cc(O)ccc2-c2ncnc(N)c21. The topological polar surface area (TPSA) is 120 Å². The fraction of sp³-hybridized carbons (Fsp3) is 0.478. The van der Waals surface area contributed by atoms with Crippen molar-refractivity contribution in [2.75, 3.05) is 12.3 Å². The van der Waals surface area contributed by atoms with Crippen molar-refractivity contribution in [1.82, 2.24) is 9.97 Å². The number of hydrogen-bond acceptors (Lipinski definition) is 8. The van der Waals surface area contributed by atoms with E-state index in [9.17, 15) is 9.90 Å². The minimum Gasteiger partial charge on any atom is -0.508 e. The Hall–Kier alpha value is -3.16. The normalized spacial score (nSPS) is 27.2. The van der Waals surface area contributed by atoms with Gasteiger partial charge in [0.1, 0.15) is 24.0 Å². The van der Waals surface area contributed by atoms with Gasteiger partial charge in [0, 0.05) is 28.5 Å². The summed E-state index contributed by atoms with van der Waals surface area (Å²) < 4.78 is 5.58. The number of aromatic hydroxyl groups is 1. The van der Waals surface area contributed by atoms with E-state index in [-0.39, 0.29) is 24.4 Å². The number of phenols is 1. The summed E-state index contributed by atoms with van der Waals surface area (Å²) in [6.45, 7) is 4.15. The van der Waals surface area contributed by atoms with Crippen LogP contribution in [0.2, 0.25) is 0 Å². The second-order valence-corrected chi connectivity index (χ2v) is 9.22. The van der Waals surface area contributed by atoms with Gasteiger partial charge in [-0.2, -0.15) is 0 Å². The third kappa shape index (κ3) is 3.30. The van der Waals surface area contributed by atoms with Crippen molar-refractivity contribution in [3.8, 4) is 17.0 Å². The highest BCUT2D eigenvalue weighted by atomic mass is 16.6. The van der Waals surface area contributed by atoms with E-state index in [1.807, 2.05) is 13.8 Å². The Kier molecular flexibility index (Phi) is 4.60. The summed E-state index contributed by atoms with van der Waals surface area (Å²) in [5.74, 6) is 1.34. The second kappa shape index (κ2) is 7.21. The van der Waals surface area contributed by atoms with E-state index in [0.717, 1.165) is 41.6 Å². The smallest absolute Gasteiger partial charge is 0.306 e. The van der Waals surface area contributed by atoms with E-state index in [1.165, 1.54) is 6.33 Å². The maximum Gasteiger partial charge on any atom is 0.306 e. The van der Waals surface area contributed by atoms with Crippen molar-refractivity contribution in [2.24, 2.45) is 17.0 Å². The minimum absolute atomic E-state index is 0.126. The van der Waals surface area contributed by atoms with Gasteiger partial charge in [0.2, 0.25) is 0 Å². The van der Waals surface area contributed by atoms with Crippen LogP contribution < -0.4 is 5.73 Å². The molecule has 2 aliphatic carbocycles. The van der Waals surface area contributed by atoms with Crippen LogP contribution in [0.3, 0.4) is 0 Å². The summed E-state index contributed by atoms with van der Waals surface area (Å²) in [5.41, 5.74) is 9.22. The third-order valence-corrected chi connectivity index (χ3v) is 6.89. The van der Waals surface area contributed by atoms with Crippen LogP contribution in [0.5, 0.6) is 5.75 Å². The molecule has 1 saturated carbocycles. The van der Waals surface area contributed by atoms with Crippen LogP contribution in [-0.4, -0.2) is 39.5 Å². The lowest BCUT2D eigenvalue weighted by molar-refractivity contribution is -0.151. The molecular weight excluding hydrogens is 396 g/mol. The van der Waals surface area contributed by atoms with Gasteiger partial charge in [-0.15, -0.1) is 0 Å². The number of esters is 1. The highest BCUT2D eigenvalue weighted by Crippen LogP contribution is 2.45. The lowest BCUT2D eigenvalue weighted by atomic mass is 9.70. The molecule has 5 rings (SSSR count). The third-order valence-electron chi connectivity index (χ3n) is 6.89. The van der Waals surface area contributed by atoms with Gasteiger partial charge in [-0.3, -0.25) is 4.79 Å². The van der Waals surface area contributed by atoms with Crippen molar-refractivity contribution >= 4 is 17.5 Å². The highest BCUT2D eigenvalue weighted by Gasteiger charge is 2.41. The van der Waals surface area contributed by atoms with Crippen LogP contribution in [0.15, 0.2) is 29.7 Å². The fourth-order valence-corrected chi connectivity index (χ4v) is 5.11. The first-order chi connectivity index (χ1) is 14.8. The van der Waals surface area contributed by atoms with Gasteiger partial charge in [0.05, 0.1) is 11.4 Å². The Bertz CT molecular complexity index is 1080. The predicted molar refractivity (Wildman–Crippen MR) is 114 cm³/mol. The molecule has 3 N–H and O–H groups in total. The lowest BCUT2D eigenvalue weighted by Gasteiger charge is -2.35. The summed E-state index contributed by atoms with van der Waals surface area (Å²) in [5, 5.41) is 14.6. The average Bonchev–Trinajstić information content (AvgIpc) is 2.80. The molecule has 1 aromatic heterocycles. The number of nitrogens with zero attached hydrogens (tertiary/aromatic N) is 3. The lowest BCUT2D eigenvalue weighted by Crippen LogP contribution is -2.36. The number of phenolic OH excluding ortho intramolecular Hbond substituents is 1. The summed E-state index contributed by atoms with van der Waals surface area (Å²) in [6.07, 6.45) is 4.70. The molecule has 0 amide bonds. The van der Waals surface area contributed by atoms with E-state index in [1.54, 1.807) is 18.2 Å². The maximum absolute atomic E-state index is 12.1. The van der Waals surface area contributed by atoms with E-state index < -0.39 is 5.41 Å². The quantitative estimate of drug-likeness (QED) is 0.576. The number of carbonyl (C=O) groups is 1. The number of nitrogens with two attached hydrogens (primary N) is 1. The molecule has 0 spiro atoms. The monoisotopic (exact) mass is 422 g/mol. The molecule has 1 aromatic carbocycles. The molecule has 2 heterocycles. The fourth-order valence-electron chi connectivity index (χ4n) is 5.11. The van der Waals surface area contributed by atoms with Crippen LogP contribution in [0.1, 0.15) is 50.7 Å². The van der Waals surface area contributed by atoms with E-state index >= 15 is 0 Å². The van der Waals surface area contributed by atoms with Crippen molar-refractivity contribution in [3.05, 3.63) is 35.7 Å². The molecule has 0 bridgehead atoms. The number of rotatable bonds is 3. The van der Waals surface area contributed by atoms with Crippen LogP contribution in [-0.2, 0) is 19.8 Å². The minimum atomic E-state index is -0.652. The Morgan fingerprint density at radius 2 is 2.06 bits per heavy atom. The number of carbonyl (C=O) groups excluding carboxylic acids is 1. The van der Waals surface area contributed by atoms with Crippen molar-refractivity contribution in [1.29, 1.82) is 0 Å². The van der Waals surface area contributed by atoms with E-state index in [4.69, 9.17) is 15.3 Å². The van der Waals surface area contributed by atoms with Gasteiger partial charge in [0.15, 0.2) is 6.61 Å². The van der Waals surface area contributed by atoms with Crippen molar-refractivity contribution in [3.63, 3.8) is 0 Å². The molecule has 3 aliphatic rings. The molecule has 3 atom stereocenters. The first kappa shape index (κ1) is 19.8. The van der Waals surface area contributed by atoms with Crippen LogP contribution in [0.4, 0.5) is 5.82 Å². The standard InChI is InChI=1S/C23H26N4O4/c1-23(2)19-20(25-11-26-22(19)24)16-6-5-14(28)9-17(16)21(23)27-30-10-15-7-12-3-4-13(12)8-18(29)31-15/h5-6,9,11-13,15,28H,3-4,7-8,10H2,1-2H3,(H2,24,25,26)/b27-21+/t12?,13?,15-/m0/s1. The summed E-state index contributed by atoms with van der Waals surface area (Å²) in [7, 11) is 0. The molecule has 0 radical (unpaired) electrons. The van der Waals surface area contributed by atoms with Gasteiger partial charge in [0.25, 0.3) is 0 Å². The summed E-state index contributed by atoms with van der Waals surface area (Å²) in [4.78, 5) is 26.4. The number of hydrogen-bond donors (Lipinski definition) is 2. The second-order valence-electron chi connectivity index (χ2n) is 9.22. The largest absolute Gasteiger partial charge is 0.508 e. The highest BCUT2D eigenvalue weighted by molar-refractivity contribution is 6.15. The van der Waals surface area contributed by atoms with Gasteiger partial charge >= 0.3 is 5.97 Å². The van der Waals surface area contributed by atoms with Crippen LogP contribution >= 0.6 is 0 Å². The zero-order valence-electron chi connectivity index (χ0n) is 17.7. The van der Waals surface area contributed by atoms with Crippen molar-refractivity contribution in [2.45, 2.75) is 51.0 Å². The molecule has 2 unspecified atom stereocenters. The molecule has 1 saturated heterocycles. The van der Waals surface area contributed by atoms with Gasteiger partial charge < -0.3 is 20.4 Å². The molecule has 162 valence electrons. The zero-order chi connectivity index (χ0) is 21.8. The Morgan fingerprint density at radius 3 is 2.84 bits per heavy atom. The summed E-state index contributed by atoms with van der Waals surface area (Å²) in [6, 6.07) is 5.06. The number of cyclic esters (lactones) is 1. The van der Waals surface area contributed by atoms with Gasteiger partial charge in [-0.05, 0) is 63.1 Å². The molecule has 2 fully saturated rings. The number of anilines is 1. The molecule has 8 heteroatoms. The first-order valence-corrected chi connectivity index (χ1v) is 10.7. The molecular formula is C23H26N4O4. The predicted octanol–water partition coefficient (Wildman–Crippen LogP) is 3.18. The van der Waals surface area contributed by atoms with Gasteiger partial charge in [-0.1, -0.05) is 5.16 Å². The number of benzene rings is 1. The Morgan fingerprint density at radius 1 is 1.26 bits per heavy atom. The number of oxime groups is 1. The zero-order valence-corrected chi connectivity index (χ0v) is 17.7. The molecule has 2 aromatic rings. The first-order valence-electron chi connectivity index (χ1n) is 10.7. The number of ether oxygens (including phenoxy) is 1. The van der Waals surface area contributed by atoms with Crippen LogP contribution in [0, 0.1) is 11.8 Å². The number of aromatic nitrogens is 2. The van der Waals surface area contributed by atoms with Gasteiger partial charge in [-0.25, -0.2) is 9.97 Å². The molecule has 31 heavy (non-hydrogen) atoms. The van der Waals surface area contributed by atoms with E-state index in [2.05, 4.69) is 15.1 Å². The van der Waals surface area contributed by atoms with Crippen LogP contribution in [0.25, 0.3) is 11.3 Å². The average molecular weight is 422 g/mol. The van der Waals surface area contributed by atoms with Crippen molar-refractivity contribution < 1.29 is 19.5 Å². The molecule has 1 aliphatic heterocycles. The Balaban J connectivity index is 1.47.